The molecule has 7 nitrogen and oxygen atoms in total. The van der Waals surface area contributed by atoms with E-state index in [0.29, 0.717) is 28.1 Å². The van der Waals surface area contributed by atoms with Crippen LogP contribution in [-0.2, 0) is 17.9 Å². The molecule has 1 aliphatic rings. The van der Waals surface area contributed by atoms with Gasteiger partial charge >= 0.3 is 5.76 Å². The van der Waals surface area contributed by atoms with Gasteiger partial charge in [0.15, 0.2) is 10.7 Å². The number of carbonyl (C=O) groups excluding carboxylic acids is 1. The maximum absolute atomic E-state index is 12.3. The van der Waals surface area contributed by atoms with E-state index in [1.165, 1.54) is 22.3 Å². The number of amides is 1. The van der Waals surface area contributed by atoms with Crippen molar-refractivity contribution in [1.82, 2.24) is 14.5 Å². The number of nitrogens with zero attached hydrogens (tertiary/aromatic N) is 3. The molecule has 0 unspecified atom stereocenters. The molecule has 1 aromatic carbocycles. The van der Waals surface area contributed by atoms with Gasteiger partial charge in [0, 0.05) is 38.0 Å². The summed E-state index contributed by atoms with van der Waals surface area (Å²) in [5.41, 5.74) is 2.22. The summed E-state index contributed by atoms with van der Waals surface area (Å²) < 4.78 is 6.69. The third kappa shape index (κ3) is 4.76. The van der Waals surface area contributed by atoms with Gasteiger partial charge in [0.25, 0.3) is 0 Å². The molecule has 154 valence electrons. The number of nitrogens with one attached hydrogen (secondary N) is 1. The molecule has 0 bridgehead atoms. The van der Waals surface area contributed by atoms with Gasteiger partial charge in [-0.25, -0.2) is 9.78 Å². The Labute approximate surface area is 173 Å². The lowest BCUT2D eigenvalue weighted by molar-refractivity contribution is -0.116. The molecule has 0 radical (unpaired) electrons. The molecule has 1 aliphatic heterocycles. The molecule has 3 aromatic rings. The van der Waals surface area contributed by atoms with Gasteiger partial charge < -0.3 is 9.73 Å². The monoisotopic (exact) mass is 414 g/mol. The van der Waals surface area contributed by atoms with Crippen LogP contribution in [0.4, 0.5) is 5.13 Å². The highest BCUT2D eigenvalue weighted by Gasteiger charge is 2.22. The van der Waals surface area contributed by atoms with Gasteiger partial charge in [-0.15, -0.1) is 11.3 Å². The van der Waals surface area contributed by atoms with Crippen molar-refractivity contribution in [3.63, 3.8) is 0 Å². The van der Waals surface area contributed by atoms with Crippen LogP contribution >= 0.6 is 11.3 Å². The second kappa shape index (κ2) is 8.51. The van der Waals surface area contributed by atoms with Crippen LogP contribution in [0.15, 0.2) is 38.9 Å². The number of oxazole rings is 1. The van der Waals surface area contributed by atoms with Gasteiger partial charge in [0.1, 0.15) is 0 Å². The summed E-state index contributed by atoms with van der Waals surface area (Å²) in [4.78, 5) is 31.3. The fraction of sp³-hybridized carbons (Fsp3) is 0.476. The van der Waals surface area contributed by atoms with Crippen LogP contribution < -0.4 is 11.1 Å². The zero-order valence-corrected chi connectivity index (χ0v) is 17.6. The molecule has 0 saturated carbocycles. The first kappa shape index (κ1) is 19.8. The molecule has 2 aromatic heterocycles. The van der Waals surface area contributed by atoms with Gasteiger partial charge in [0.2, 0.25) is 5.91 Å². The number of thiazole rings is 1. The third-order valence-electron chi connectivity index (χ3n) is 5.26. The molecule has 1 fully saturated rings. The van der Waals surface area contributed by atoms with Gasteiger partial charge in [0.05, 0.1) is 11.2 Å². The molecule has 1 N–H and O–H groups in total. The Bertz CT molecular complexity index is 1040. The molecule has 0 aliphatic carbocycles. The molecule has 8 heteroatoms. The number of fused-ring (bicyclic) bond motifs is 1. The summed E-state index contributed by atoms with van der Waals surface area (Å²) in [6.45, 7) is 7.86. The zero-order chi connectivity index (χ0) is 20.4. The van der Waals surface area contributed by atoms with Gasteiger partial charge in [-0.2, -0.15) is 0 Å². The van der Waals surface area contributed by atoms with Crippen molar-refractivity contribution in [1.29, 1.82) is 0 Å². The number of hydrogen-bond donors (Lipinski definition) is 1. The van der Waals surface area contributed by atoms with E-state index in [2.05, 4.69) is 29.0 Å². The van der Waals surface area contributed by atoms with Crippen LogP contribution in [0.3, 0.4) is 0 Å². The van der Waals surface area contributed by atoms with E-state index in [0.717, 1.165) is 25.3 Å². The van der Waals surface area contributed by atoms with Crippen molar-refractivity contribution < 1.29 is 9.21 Å². The Balaban J connectivity index is 1.32. The summed E-state index contributed by atoms with van der Waals surface area (Å²) in [5.74, 6) is 0.807. The predicted octanol–water partition coefficient (Wildman–Crippen LogP) is 3.56. The minimum atomic E-state index is -0.444. The SMILES string of the molecule is C[C@@H]1C[C@H](C)CN(Cc2csc(NC(=O)CCn3c(=O)oc4ccccc43)n2)C1. The topological polar surface area (TPSA) is 80.4 Å². The standard InChI is InChI=1S/C21H26N4O3S/c1-14-9-15(2)11-24(10-14)12-16-13-29-20(22-16)23-19(26)7-8-25-17-5-3-4-6-18(17)28-21(25)27/h3-6,13-15H,7-12H2,1-2H3,(H,22,23,26)/t14-,15+. The largest absolute Gasteiger partial charge is 0.419 e. The number of benzene rings is 1. The molecule has 0 spiro atoms. The van der Waals surface area contributed by atoms with E-state index in [1.807, 2.05) is 23.6 Å². The molecule has 4 rings (SSSR count). The van der Waals surface area contributed by atoms with E-state index in [-0.39, 0.29) is 18.9 Å². The van der Waals surface area contributed by atoms with Gasteiger partial charge in [-0.3, -0.25) is 14.3 Å². The molecule has 2 atom stereocenters. The molecule has 1 saturated heterocycles. The Hall–Kier alpha value is -2.45. The maximum Gasteiger partial charge on any atom is 0.419 e. The number of aryl methyl sites for hydroxylation is 1. The fourth-order valence-electron chi connectivity index (χ4n) is 4.21. The van der Waals surface area contributed by atoms with Crippen molar-refractivity contribution in [3.05, 3.63) is 45.9 Å². The summed E-state index contributed by atoms with van der Waals surface area (Å²) >= 11 is 1.44. The quantitative estimate of drug-likeness (QED) is 0.667. The van der Waals surface area contributed by atoms with Crippen LogP contribution in [0.2, 0.25) is 0 Å². The van der Waals surface area contributed by atoms with Crippen molar-refractivity contribution in [2.24, 2.45) is 11.8 Å². The molecule has 29 heavy (non-hydrogen) atoms. The molecular weight excluding hydrogens is 388 g/mol. The van der Waals surface area contributed by atoms with E-state index >= 15 is 0 Å². The number of anilines is 1. The lowest BCUT2D eigenvalue weighted by Crippen LogP contribution is -2.38. The first-order chi connectivity index (χ1) is 14.0. The second-order valence-electron chi connectivity index (χ2n) is 8.07. The number of rotatable bonds is 6. The number of para-hydroxylation sites is 2. The van der Waals surface area contributed by atoms with Gasteiger partial charge in [-0.1, -0.05) is 26.0 Å². The minimum absolute atomic E-state index is 0.164. The third-order valence-corrected chi connectivity index (χ3v) is 6.07. The molecule has 3 heterocycles. The maximum atomic E-state index is 12.3. The minimum Gasteiger partial charge on any atom is -0.408 e. The Morgan fingerprint density at radius 3 is 2.83 bits per heavy atom. The number of carbonyl (C=O) groups is 1. The fourth-order valence-corrected chi connectivity index (χ4v) is 4.93. The second-order valence-corrected chi connectivity index (χ2v) is 8.93. The highest BCUT2D eigenvalue weighted by molar-refractivity contribution is 7.13. The number of likely N-dealkylation sites (tertiary alicyclic amines) is 1. The van der Waals surface area contributed by atoms with Crippen LogP contribution in [0.5, 0.6) is 0 Å². The summed E-state index contributed by atoms with van der Waals surface area (Å²) in [7, 11) is 0. The Morgan fingerprint density at radius 2 is 2.03 bits per heavy atom. The summed E-state index contributed by atoms with van der Waals surface area (Å²) in [6, 6.07) is 7.21. The van der Waals surface area contributed by atoms with E-state index in [9.17, 15) is 9.59 Å². The van der Waals surface area contributed by atoms with Crippen LogP contribution in [-0.4, -0.2) is 33.4 Å². The van der Waals surface area contributed by atoms with E-state index in [4.69, 9.17) is 4.42 Å². The predicted molar refractivity (Wildman–Crippen MR) is 114 cm³/mol. The van der Waals surface area contributed by atoms with Crippen molar-refractivity contribution >= 4 is 33.5 Å². The van der Waals surface area contributed by atoms with E-state index in [1.54, 1.807) is 6.07 Å². The van der Waals surface area contributed by atoms with Crippen LogP contribution in [0, 0.1) is 11.8 Å². The van der Waals surface area contributed by atoms with Crippen molar-refractivity contribution in [3.8, 4) is 0 Å². The molecule has 1 amide bonds. The lowest BCUT2D eigenvalue weighted by Gasteiger charge is -2.34. The lowest BCUT2D eigenvalue weighted by atomic mass is 9.92. The first-order valence-corrected chi connectivity index (χ1v) is 10.9. The van der Waals surface area contributed by atoms with Crippen molar-refractivity contribution in [2.75, 3.05) is 18.4 Å². The summed E-state index contributed by atoms with van der Waals surface area (Å²) in [5, 5.41) is 5.46. The van der Waals surface area contributed by atoms with Crippen molar-refractivity contribution in [2.45, 2.75) is 39.8 Å². The number of hydrogen-bond acceptors (Lipinski definition) is 6. The van der Waals surface area contributed by atoms with Crippen LogP contribution in [0.25, 0.3) is 11.1 Å². The Morgan fingerprint density at radius 1 is 1.28 bits per heavy atom. The first-order valence-electron chi connectivity index (χ1n) is 10.0. The zero-order valence-electron chi connectivity index (χ0n) is 16.8. The van der Waals surface area contributed by atoms with E-state index < -0.39 is 5.76 Å². The van der Waals surface area contributed by atoms with Gasteiger partial charge in [-0.05, 0) is 30.4 Å². The summed E-state index contributed by atoms with van der Waals surface area (Å²) in [6.07, 6.45) is 1.46. The average Bonchev–Trinajstić information content (AvgIpc) is 3.22. The number of aromatic nitrogens is 2. The Kier molecular flexibility index (Phi) is 5.82. The highest BCUT2D eigenvalue weighted by Crippen LogP contribution is 2.24. The molecular formula is C21H26N4O3S. The normalized spacial score (nSPS) is 20.2. The van der Waals surface area contributed by atoms with Crippen LogP contribution in [0.1, 0.15) is 32.4 Å². The highest BCUT2D eigenvalue weighted by atomic mass is 32.1. The number of piperidine rings is 1. The average molecular weight is 415 g/mol. The smallest absolute Gasteiger partial charge is 0.408 e.